The third-order valence-electron chi connectivity index (χ3n) is 6.04. The maximum absolute atomic E-state index is 14.0. The van der Waals surface area contributed by atoms with Crippen LogP contribution in [0.3, 0.4) is 0 Å². The van der Waals surface area contributed by atoms with Crippen LogP contribution in [0, 0.1) is 12.8 Å². The van der Waals surface area contributed by atoms with Gasteiger partial charge < -0.3 is 9.42 Å². The zero-order chi connectivity index (χ0) is 21.7. The predicted molar refractivity (Wildman–Crippen MR) is 118 cm³/mol. The van der Waals surface area contributed by atoms with Gasteiger partial charge in [-0.05, 0) is 44.4 Å². The number of hydrogen-bond acceptors (Lipinski definition) is 5. The number of halogens is 2. The van der Waals surface area contributed by atoms with Crippen molar-refractivity contribution in [3.05, 3.63) is 63.6 Å². The van der Waals surface area contributed by atoms with E-state index in [0.29, 0.717) is 22.4 Å². The van der Waals surface area contributed by atoms with Gasteiger partial charge in [0.15, 0.2) is 5.82 Å². The Kier molecular flexibility index (Phi) is 5.10. The molecule has 9 heteroatoms. The Morgan fingerprint density at radius 1 is 1.16 bits per heavy atom. The summed E-state index contributed by atoms with van der Waals surface area (Å²) in [6.07, 6.45) is 3.46. The number of fused-ring (bicyclic) bond motifs is 1. The van der Waals surface area contributed by atoms with Gasteiger partial charge in [-0.3, -0.25) is 4.79 Å². The smallest absolute Gasteiger partial charge is 0.234 e. The number of likely N-dealkylation sites (tertiary alicyclic amines) is 1. The van der Waals surface area contributed by atoms with E-state index >= 15 is 0 Å². The van der Waals surface area contributed by atoms with Crippen LogP contribution in [0.1, 0.15) is 48.9 Å². The third-order valence-corrected chi connectivity index (χ3v) is 6.78. The Morgan fingerprint density at radius 2 is 2.00 bits per heavy atom. The van der Waals surface area contributed by atoms with Crippen molar-refractivity contribution in [3.63, 3.8) is 0 Å². The van der Waals surface area contributed by atoms with Gasteiger partial charge in [-0.2, -0.15) is 5.10 Å². The van der Waals surface area contributed by atoms with Crippen molar-refractivity contribution in [1.82, 2.24) is 19.8 Å². The predicted octanol–water partition coefficient (Wildman–Crippen LogP) is 5.16. The molecule has 2 unspecified atom stereocenters. The van der Waals surface area contributed by atoms with Gasteiger partial charge in [0.1, 0.15) is 17.4 Å². The summed E-state index contributed by atoms with van der Waals surface area (Å²) in [4.78, 5) is 20.5. The molecular weight excluding hydrogens is 437 g/mol. The fourth-order valence-corrected chi connectivity index (χ4v) is 4.94. The highest BCUT2D eigenvalue weighted by atomic mass is 35.5. The lowest BCUT2D eigenvalue weighted by atomic mass is 9.86. The largest absolute Gasteiger partial charge is 0.361 e. The number of amides is 1. The number of aryl methyl sites for hydroxylation is 1. The van der Waals surface area contributed by atoms with Gasteiger partial charge >= 0.3 is 0 Å². The quantitative estimate of drug-likeness (QED) is 0.543. The molecule has 0 saturated carbocycles. The summed E-state index contributed by atoms with van der Waals surface area (Å²) in [6, 6.07) is 8.72. The Bertz CT molecular complexity index is 1180. The molecule has 2 aliphatic rings. The van der Waals surface area contributed by atoms with Crippen molar-refractivity contribution >= 4 is 40.6 Å². The van der Waals surface area contributed by atoms with Gasteiger partial charge in [-0.15, -0.1) is 0 Å². The summed E-state index contributed by atoms with van der Waals surface area (Å²) in [5.41, 5.74) is 2.40. The number of carbonyl (C=O) groups excluding carboxylic acids is 1. The molecule has 0 radical (unpaired) electrons. The molecule has 3 aromatic rings. The fraction of sp³-hybridized carbons (Fsp3) is 0.364. The van der Waals surface area contributed by atoms with E-state index in [9.17, 15) is 4.79 Å². The first-order valence-electron chi connectivity index (χ1n) is 10.2. The molecule has 4 heterocycles. The van der Waals surface area contributed by atoms with Crippen LogP contribution in [0.2, 0.25) is 10.0 Å². The Balaban J connectivity index is 1.57. The van der Waals surface area contributed by atoms with Crippen molar-refractivity contribution in [1.29, 1.82) is 0 Å². The normalized spacial score (nSPS) is 23.0. The van der Waals surface area contributed by atoms with E-state index in [4.69, 9.17) is 27.7 Å². The first-order chi connectivity index (χ1) is 14.9. The second kappa shape index (κ2) is 7.80. The van der Waals surface area contributed by atoms with Crippen LogP contribution in [-0.2, 0) is 4.79 Å². The monoisotopic (exact) mass is 457 g/mol. The number of benzene rings is 1. The van der Waals surface area contributed by atoms with Crippen molar-refractivity contribution < 1.29 is 9.32 Å². The molecule has 160 valence electrons. The number of carbonyl (C=O) groups is 1. The van der Waals surface area contributed by atoms with Gasteiger partial charge in [0.2, 0.25) is 5.91 Å². The van der Waals surface area contributed by atoms with Crippen molar-refractivity contribution in [2.45, 2.75) is 38.8 Å². The minimum absolute atomic E-state index is 0.00151. The molecule has 31 heavy (non-hydrogen) atoms. The maximum atomic E-state index is 14.0. The highest BCUT2D eigenvalue weighted by Crippen LogP contribution is 2.41. The summed E-state index contributed by atoms with van der Waals surface area (Å²) in [5, 5.41) is 9.56. The first-order valence-corrected chi connectivity index (χ1v) is 11.0. The zero-order valence-electron chi connectivity index (χ0n) is 17.1. The van der Waals surface area contributed by atoms with Crippen LogP contribution in [0.15, 0.2) is 46.0 Å². The van der Waals surface area contributed by atoms with Gasteiger partial charge in [-0.25, -0.2) is 9.67 Å². The number of aliphatic imine (C=N–C) groups is 1. The molecular formula is C22H21Cl2N5O2. The molecule has 0 bridgehead atoms. The van der Waals surface area contributed by atoms with Gasteiger partial charge in [0.05, 0.1) is 28.3 Å². The zero-order valence-corrected chi connectivity index (χ0v) is 18.6. The highest BCUT2D eigenvalue weighted by molar-refractivity contribution is 6.42. The minimum atomic E-state index is -0.516. The lowest BCUT2D eigenvalue weighted by Gasteiger charge is -2.35. The SMILES string of the molecule is CC1=Nc2ccnn2C(c2ccc(Cl)c(Cl)c2)C1C(=O)N1CCC[C@H]1c1cc(C)on1. The summed E-state index contributed by atoms with van der Waals surface area (Å²) in [7, 11) is 0. The molecule has 7 nitrogen and oxygen atoms in total. The second-order valence-corrected chi connectivity index (χ2v) is 8.85. The number of aromatic nitrogens is 3. The maximum Gasteiger partial charge on any atom is 0.234 e. The third kappa shape index (κ3) is 3.46. The number of hydrogen-bond donors (Lipinski definition) is 0. The summed E-state index contributed by atoms with van der Waals surface area (Å²) in [6.45, 7) is 4.42. The van der Waals surface area contributed by atoms with E-state index in [1.807, 2.05) is 36.9 Å². The molecule has 1 aromatic carbocycles. The van der Waals surface area contributed by atoms with E-state index in [-0.39, 0.29) is 18.0 Å². The fourth-order valence-electron chi connectivity index (χ4n) is 4.63. The van der Waals surface area contributed by atoms with Crippen LogP contribution in [0.5, 0.6) is 0 Å². The average molecular weight is 458 g/mol. The Morgan fingerprint density at radius 3 is 2.74 bits per heavy atom. The second-order valence-electron chi connectivity index (χ2n) is 8.04. The molecule has 2 aromatic heterocycles. The molecule has 1 fully saturated rings. The van der Waals surface area contributed by atoms with Crippen LogP contribution >= 0.6 is 23.2 Å². The van der Waals surface area contributed by atoms with E-state index in [2.05, 4.69) is 15.2 Å². The van der Waals surface area contributed by atoms with E-state index < -0.39 is 5.92 Å². The van der Waals surface area contributed by atoms with Gasteiger partial charge in [-0.1, -0.05) is 34.4 Å². The number of rotatable bonds is 3. The standard InChI is InChI=1S/C22H21Cl2N5O2/c1-12-10-17(27-31-12)18-4-3-9-28(18)22(30)20-13(2)26-19-7-8-25-29(19)21(20)14-5-6-15(23)16(24)11-14/h5-8,10-11,18,20-21H,3-4,9H2,1-2H3/t18-,20?,21?/m0/s1. The molecule has 0 aliphatic carbocycles. The van der Waals surface area contributed by atoms with Crippen molar-refractivity contribution in [2.75, 3.05) is 6.54 Å². The van der Waals surface area contributed by atoms with Crippen molar-refractivity contribution in [3.8, 4) is 0 Å². The molecule has 0 spiro atoms. The molecule has 3 atom stereocenters. The minimum Gasteiger partial charge on any atom is -0.361 e. The van der Waals surface area contributed by atoms with E-state index in [1.165, 1.54) is 0 Å². The first kappa shape index (κ1) is 20.3. The molecule has 1 saturated heterocycles. The summed E-state index contributed by atoms with van der Waals surface area (Å²) < 4.78 is 7.06. The number of nitrogens with zero attached hydrogens (tertiary/aromatic N) is 5. The van der Waals surface area contributed by atoms with Gasteiger partial charge in [0, 0.05) is 24.4 Å². The summed E-state index contributed by atoms with van der Waals surface area (Å²) in [5.74, 6) is 0.933. The Hall–Kier alpha value is -2.64. The van der Waals surface area contributed by atoms with Crippen molar-refractivity contribution in [2.24, 2.45) is 10.9 Å². The lowest BCUT2D eigenvalue weighted by Crippen LogP contribution is -2.44. The lowest BCUT2D eigenvalue weighted by molar-refractivity contribution is -0.135. The summed E-state index contributed by atoms with van der Waals surface area (Å²) >= 11 is 12.5. The Labute approximate surface area is 189 Å². The van der Waals surface area contributed by atoms with Crippen LogP contribution in [0.4, 0.5) is 5.82 Å². The van der Waals surface area contributed by atoms with Crippen LogP contribution in [-0.4, -0.2) is 38.0 Å². The van der Waals surface area contributed by atoms with Crippen LogP contribution < -0.4 is 0 Å². The highest BCUT2D eigenvalue weighted by Gasteiger charge is 2.43. The van der Waals surface area contributed by atoms with E-state index in [0.717, 1.165) is 35.6 Å². The molecule has 5 rings (SSSR count). The average Bonchev–Trinajstić information content (AvgIpc) is 3.48. The topological polar surface area (TPSA) is 76.5 Å². The molecule has 0 N–H and O–H groups in total. The van der Waals surface area contributed by atoms with Crippen LogP contribution in [0.25, 0.3) is 0 Å². The van der Waals surface area contributed by atoms with Gasteiger partial charge in [0.25, 0.3) is 0 Å². The van der Waals surface area contributed by atoms with E-state index in [1.54, 1.807) is 23.0 Å². The molecule has 1 amide bonds. The molecule has 2 aliphatic heterocycles.